The average molecular weight is 288 g/mol. The first-order valence-corrected chi connectivity index (χ1v) is 7.50. The standard InChI is InChI=1S/C17H24N2O2/c1-5-8-19-14-7-6-12(2)9-13(14)18-15(19)10-17(3,4)11-16(20)21/h6-7,9H,5,8,10-11H2,1-4H3,(H,20,21). The molecule has 0 fully saturated rings. The van der Waals surface area contributed by atoms with Crippen LogP contribution in [0, 0.1) is 12.3 Å². The molecule has 1 N–H and O–H groups in total. The molecule has 4 nitrogen and oxygen atoms in total. The lowest BCUT2D eigenvalue weighted by Gasteiger charge is -2.22. The fraction of sp³-hybridized carbons (Fsp3) is 0.529. The van der Waals surface area contributed by atoms with Gasteiger partial charge in [0.1, 0.15) is 5.82 Å². The maximum atomic E-state index is 11.0. The molecule has 2 rings (SSSR count). The van der Waals surface area contributed by atoms with Crippen molar-refractivity contribution in [2.45, 2.75) is 53.5 Å². The van der Waals surface area contributed by atoms with Gasteiger partial charge in [-0.3, -0.25) is 4.79 Å². The number of carboxylic acid groups (broad SMARTS) is 1. The molecule has 0 atom stereocenters. The van der Waals surface area contributed by atoms with Crippen molar-refractivity contribution in [3.8, 4) is 0 Å². The van der Waals surface area contributed by atoms with Crippen molar-refractivity contribution < 1.29 is 9.90 Å². The molecule has 0 unspecified atom stereocenters. The quantitative estimate of drug-likeness (QED) is 0.879. The maximum Gasteiger partial charge on any atom is 0.303 e. The lowest BCUT2D eigenvalue weighted by atomic mass is 9.85. The molecule has 2 aromatic rings. The Morgan fingerprint density at radius 3 is 2.71 bits per heavy atom. The minimum absolute atomic E-state index is 0.154. The van der Waals surface area contributed by atoms with Crippen molar-refractivity contribution in [2.75, 3.05) is 0 Å². The third-order valence-corrected chi connectivity index (χ3v) is 3.70. The summed E-state index contributed by atoms with van der Waals surface area (Å²) in [6.07, 6.45) is 1.86. The zero-order valence-electron chi connectivity index (χ0n) is 13.3. The Labute approximate surface area is 125 Å². The summed E-state index contributed by atoms with van der Waals surface area (Å²) in [5.41, 5.74) is 3.04. The fourth-order valence-corrected chi connectivity index (χ4v) is 2.80. The number of fused-ring (bicyclic) bond motifs is 1. The van der Waals surface area contributed by atoms with E-state index in [1.165, 1.54) is 5.56 Å². The second kappa shape index (κ2) is 5.88. The summed E-state index contributed by atoms with van der Waals surface area (Å²) < 4.78 is 2.23. The predicted octanol–water partition coefficient (Wildman–Crippen LogP) is 3.80. The number of hydrogen-bond acceptors (Lipinski definition) is 2. The van der Waals surface area contributed by atoms with Crippen LogP contribution in [-0.4, -0.2) is 20.6 Å². The summed E-state index contributed by atoms with van der Waals surface area (Å²) in [6, 6.07) is 6.30. The van der Waals surface area contributed by atoms with E-state index in [9.17, 15) is 4.79 Å². The summed E-state index contributed by atoms with van der Waals surface area (Å²) in [7, 11) is 0. The zero-order valence-corrected chi connectivity index (χ0v) is 13.3. The molecule has 0 saturated heterocycles. The number of hydrogen-bond donors (Lipinski definition) is 1. The highest BCUT2D eigenvalue weighted by atomic mass is 16.4. The van der Waals surface area contributed by atoms with Gasteiger partial charge in [-0.1, -0.05) is 26.8 Å². The molecule has 0 aliphatic carbocycles. The molecule has 1 aromatic carbocycles. The Hall–Kier alpha value is -1.84. The molecule has 114 valence electrons. The topological polar surface area (TPSA) is 55.1 Å². The van der Waals surface area contributed by atoms with Crippen LogP contribution in [0.2, 0.25) is 0 Å². The molecule has 0 bridgehead atoms. The molecule has 1 heterocycles. The number of carbonyl (C=O) groups is 1. The number of imidazole rings is 1. The van der Waals surface area contributed by atoms with E-state index >= 15 is 0 Å². The van der Waals surface area contributed by atoms with Gasteiger partial charge in [-0.15, -0.1) is 0 Å². The number of rotatable bonds is 6. The van der Waals surface area contributed by atoms with Gasteiger partial charge >= 0.3 is 5.97 Å². The minimum atomic E-state index is -0.756. The van der Waals surface area contributed by atoms with Gasteiger partial charge in [0.15, 0.2) is 0 Å². The third kappa shape index (κ3) is 3.63. The Kier molecular flexibility index (Phi) is 4.35. The van der Waals surface area contributed by atoms with E-state index in [4.69, 9.17) is 10.1 Å². The van der Waals surface area contributed by atoms with E-state index in [0.717, 1.165) is 29.8 Å². The van der Waals surface area contributed by atoms with Gasteiger partial charge in [0.25, 0.3) is 0 Å². The minimum Gasteiger partial charge on any atom is -0.481 e. The highest BCUT2D eigenvalue weighted by molar-refractivity contribution is 5.77. The highest BCUT2D eigenvalue weighted by Crippen LogP contribution is 2.28. The second-order valence-corrected chi connectivity index (χ2v) is 6.58. The molecular formula is C17H24N2O2. The first kappa shape index (κ1) is 15.5. The van der Waals surface area contributed by atoms with Crippen molar-refractivity contribution in [1.29, 1.82) is 0 Å². The molecule has 0 spiro atoms. The number of benzene rings is 1. The van der Waals surface area contributed by atoms with E-state index < -0.39 is 5.97 Å². The molecular weight excluding hydrogens is 264 g/mol. The van der Waals surface area contributed by atoms with Crippen LogP contribution in [0.1, 0.15) is 45.0 Å². The molecule has 0 aliphatic heterocycles. The maximum absolute atomic E-state index is 11.0. The molecule has 0 amide bonds. The van der Waals surface area contributed by atoms with Crippen molar-refractivity contribution in [3.05, 3.63) is 29.6 Å². The molecule has 0 saturated carbocycles. The SMILES string of the molecule is CCCn1c(CC(C)(C)CC(=O)O)nc2cc(C)ccc21. The van der Waals surface area contributed by atoms with Crippen LogP contribution in [0.15, 0.2) is 18.2 Å². The van der Waals surface area contributed by atoms with Gasteiger partial charge < -0.3 is 9.67 Å². The predicted molar refractivity (Wildman–Crippen MR) is 84.5 cm³/mol. The van der Waals surface area contributed by atoms with Gasteiger partial charge in [-0.25, -0.2) is 4.98 Å². The van der Waals surface area contributed by atoms with Gasteiger partial charge in [0.05, 0.1) is 17.5 Å². The van der Waals surface area contributed by atoms with Crippen molar-refractivity contribution >= 4 is 17.0 Å². The summed E-state index contributed by atoms with van der Waals surface area (Å²) in [6.45, 7) is 9.10. The Bertz CT molecular complexity index is 656. The van der Waals surface area contributed by atoms with Crippen molar-refractivity contribution in [1.82, 2.24) is 9.55 Å². The van der Waals surface area contributed by atoms with Crippen LogP contribution < -0.4 is 0 Å². The van der Waals surface area contributed by atoms with Crippen LogP contribution >= 0.6 is 0 Å². The van der Waals surface area contributed by atoms with Crippen molar-refractivity contribution in [2.24, 2.45) is 5.41 Å². The zero-order chi connectivity index (χ0) is 15.6. The van der Waals surface area contributed by atoms with E-state index in [-0.39, 0.29) is 11.8 Å². The Morgan fingerprint density at radius 1 is 1.38 bits per heavy atom. The van der Waals surface area contributed by atoms with Crippen LogP contribution in [0.4, 0.5) is 0 Å². The summed E-state index contributed by atoms with van der Waals surface area (Å²) >= 11 is 0. The Morgan fingerprint density at radius 2 is 2.10 bits per heavy atom. The molecule has 21 heavy (non-hydrogen) atoms. The summed E-state index contributed by atoms with van der Waals surface area (Å²) in [5, 5.41) is 9.05. The molecule has 0 radical (unpaired) electrons. The second-order valence-electron chi connectivity index (χ2n) is 6.58. The smallest absolute Gasteiger partial charge is 0.303 e. The molecule has 0 aliphatic rings. The van der Waals surface area contributed by atoms with E-state index in [1.807, 2.05) is 13.8 Å². The largest absolute Gasteiger partial charge is 0.481 e. The summed E-state index contributed by atoms with van der Waals surface area (Å²) in [4.78, 5) is 15.8. The fourth-order valence-electron chi connectivity index (χ4n) is 2.80. The number of carboxylic acids is 1. The van der Waals surface area contributed by atoms with E-state index in [2.05, 4.69) is 36.6 Å². The monoisotopic (exact) mass is 288 g/mol. The van der Waals surface area contributed by atoms with Gasteiger partial charge in [-0.05, 0) is 36.5 Å². The first-order chi connectivity index (χ1) is 9.82. The van der Waals surface area contributed by atoms with E-state index in [0.29, 0.717) is 6.42 Å². The van der Waals surface area contributed by atoms with Crippen LogP contribution in [0.25, 0.3) is 11.0 Å². The molecule has 1 aromatic heterocycles. The molecule has 4 heteroatoms. The third-order valence-electron chi connectivity index (χ3n) is 3.70. The lowest BCUT2D eigenvalue weighted by Crippen LogP contribution is -2.22. The van der Waals surface area contributed by atoms with Crippen molar-refractivity contribution in [3.63, 3.8) is 0 Å². The number of aryl methyl sites for hydroxylation is 2. The van der Waals surface area contributed by atoms with Crippen LogP contribution in [0.5, 0.6) is 0 Å². The average Bonchev–Trinajstić information content (AvgIpc) is 2.64. The normalized spacial score (nSPS) is 12.0. The summed E-state index contributed by atoms with van der Waals surface area (Å²) in [5.74, 6) is 0.234. The van der Waals surface area contributed by atoms with Gasteiger partial charge in [0, 0.05) is 13.0 Å². The van der Waals surface area contributed by atoms with Gasteiger partial charge in [-0.2, -0.15) is 0 Å². The number of nitrogens with zero attached hydrogens (tertiary/aromatic N) is 2. The number of aromatic nitrogens is 2. The number of aliphatic carboxylic acids is 1. The highest BCUT2D eigenvalue weighted by Gasteiger charge is 2.25. The van der Waals surface area contributed by atoms with Gasteiger partial charge in [0.2, 0.25) is 0 Å². The Balaban J connectivity index is 2.42. The van der Waals surface area contributed by atoms with Crippen LogP contribution in [0.3, 0.4) is 0 Å². The lowest BCUT2D eigenvalue weighted by molar-refractivity contribution is -0.139. The van der Waals surface area contributed by atoms with E-state index in [1.54, 1.807) is 0 Å². The van der Waals surface area contributed by atoms with Crippen LogP contribution in [-0.2, 0) is 17.8 Å². The first-order valence-electron chi connectivity index (χ1n) is 7.50.